The van der Waals surface area contributed by atoms with Gasteiger partial charge in [-0.3, -0.25) is 0 Å². The minimum absolute atomic E-state index is 0.146. The minimum atomic E-state index is 0.146. The van der Waals surface area contributed by atoms with Crippen molar-refractivity contribution in [3.8, 4) is 0 Å². The average Bonchev–Trinajstić information content (AvgIpc) is 2.38. The lowest BCUT2D eigenvalue weighted by atomic mass is 10.1. The zero-order chi connectivity index (χ0) is 12.5. The highest BCUT2D eigenvalue weighted by Crippen LogP contribution is 2.15. The first-order chi connectivity index (χ1) is 8.24. The van der Waals surface area contributed by atoms with Crippen LogP contribution in [-0.4, -0.2) is 25.3 Å². The van der Waals surface area contributed by atoms with E-state index in [1.807, 2.05) is 25.2 Å². The van der Waals surface area contributed by atoms with E-state index in [0.717, 1.165) is 19.6 Å². The second-order valence-corrected chi connectivity index (χ2v) is 4.19. The summed E-state index contributed by atoms with van der Waals surface area (Å²) in [6, 6.07) is 10.2. The van der Waals surface area contributed by atoms with Crippen molar-refractivity contribution in [3.05, 3.63) is 35.9 Å². The fraction of sp³-hybridized carbons (Fsp3) is 0.462. The van der Waals surface area contributed by atoms with E-state index in [2.05, 4.69) is 29.7 Å². The van der Waals surface area contributed by atoms with Gasteiger partial charge in [0.25, 0.3) is 0 Å². The van der Waals surface area contributed by atoms with Gasteiger partial charge in [-0.25, -0.2) is 0 Å². The van der Waals surface area contributed by atoms with Crippen molar-refractivity contribution in [2.75, 3.05) is 20.2 Å². The number of hydrogen-bond donors (Lipinski definition) is 2. The van der Waals surface area contributed by atoms with E-state index in [4.69, 9.17) is 17.0 Å². The Balaban J connectivity index is 2.13. The normalized spacial score (nSPS) is 11.9. The minimum Gasteiger partial charge on any atom is -0.374 e. The van der Waals surface area contributed by atoms with Crippen molar-refractivity contribution in [1.82, 2.24) is 10.6 Å². The molecule has 0 unspecified atom stereocenters. The highest BCUT2D eigenvalue weighted by molar-refractivity contribution is 7.80. The van der Waals surface area contributed by atoms with Crippen molar-refractivity contribution >= 4 is 17.3 Å². The van der Waals surface area contributed by atoms with Gasteiger partial charge in [-0.05, 0) is 31.1 Å². The molecule has 0 aliphatic rings. The van der Waals surface area contributed by atoms with Crippen LogP contribution in [0.3, 0.4) is 0 Å². The molecule has 94 valence electrons. The Hall–Kier alpha value is -1.13. The summed E-state index contributed by atoms with van der Waals surface area (Å²) in [7, 11) is 1.81. The van der Waals surface area contributed by atoms with Crippen LogP contribution in [0.2, 0.25) is 0 Å². The molecule has 0 spiro atoms. The Morgan fingerprint density at radius 3 is 2.71 bits per heavy atom. The highest BCUT2D eigenvalue weighted by Gasteiger charge is 2.03. The third kappa shape index (κ3) is 5.65. The van der Waals surface area contributed by atoms with Crippen molar-refractivity contribution in [2.24, 2.45) is 0 Å². The van der Waals surface area contributed by atoms with Gasteiger partial charge < -0.3 is 15.4 Å². The Labute approximate surface area is 109 Å². The number of nitrogens with one attached hydrogen (secondary N) is 2. The van der Waals surface area contributed by atoms with Gasteiger partial charge in [-0.1, -0.05) is 30.3 Å². The quantitative estimate of drug-likeness (QED) is 0.601. The van der Waals surface area contributed by atoms with Gasteiger partial charge in [0.2, 0.25) is 0 Å². The van der Waals surface area contributed by atoms with Gasteiger partial charge in [0.1, 0.15) is 0 Å². The van der Waals surface area contributed by atoms with E-state index in [9.17, 15) is 0 Å². The summed E-state index contributed by atoms with van der Waals surface area (Å²) < 4.78 is 5.74. The molecule has 1 aromatic rings. The fourth-order valence-electron chi connectivity index (χ4n) is 1.44. The van der Waals surface area contributed by atoms with Crippen molar-refractivity contribution in [2.45, 2.75) is 19.4 Å². The molecule has 0 aliphatic heterocycles. The molecule has 3 nitrogen and oxygen atoms in total. The first-order valence-electron chi connectivity index (χ1n) is 5.86. The van der Waals surface area contributed by atoms with Crippen molar-refractivity contribution in [3.63, 3.8) is 0 Å². The second kappa shape index (κ2) is 8.03. The Morgan fingerprint density at radius 2 is 2.06 bits per heavy atom. The summed E-state index contributed by atoms with van der Waals surface area (Å²) in [4.78, 5) is 0. The first kappa shape index (κ1) is 13.9. The standard InChI is InChI=1S/C13H20N2OS/c1-11(12-7-4-3-5-8-12)16-10-6-9-15-13(17)14-2/h3-5,7-8,11H,6,9-10H2,1-2H3,(H2,14,15,17)/t11-/m1/s1. The highest BCUT2D eigenvalue weighted by atomic mass is 32.1. The third-order valence-corrected chi connectivity index (χ3v) is 2.82. The maximum absolute atomic E-state index is 5.74. The SMILES string of the molecule is CNC(=S)NCCCO[C@H](C)c1ccccc1. The van der Waals surface area contributed by atoms with Crippen LogP contribution in [0.4, 0.5) is 0 Å². The van der Waals surface area contributed by atoms with E-state index >= 15 is 0 Å². The fourth-order valence-corrected chi connectivity index (χ4v) is 1.54. The lowest BCUT2D eigenvalue weighted by molar-refractivity contribution is 0.0646. The second-order valence-electron chi connectivity index (χ2n) is 3.78. The maximum Gasteiger partial charge on any atom is 0.166 e. The summed E-state index contributed by atoms with van der Waals surface area (Å²) in [6.45, 7) is 3.64. The van der Waals surface area contributed by atoms with Crippen LogP contribution in [0.25, 0.3) is 0 Å². The van der Waals surface area contributed by atoms with Gasteiger partial charge in [-0.15, -0.1) is 0 Å². The maximum atomic E-state index is 5.74. The number of rotatable bonds is 6. The lowest BCUT2D eigenvalue weighted by Gasteiger charge is -2.13. The van der Waals surface area contributed by atoms with Gasteiger partial charge in [0, 0.05) is 20.2 Å². The van der Waals surface area contributed by atoms with Crippen LogP contribution in [0.5, 0.6) is 0 Å². The molecule has 0 aliphatic carbocycles. The number of thiocarbonyl (C=S) groups is 1. The molecule has 0 bridgehead atoms. The largest absolute Gasteiger partial charge is 0.374 e. The van der Waals surface area contributed by atoms with E-state index in [-0.39, 0.29) is 6.10 Å². The molecule has 0 radical (unpaired) electrons. The van der Waals surface area contributed by atoms with Crippen LogP contribution in [0.1, 0.15) is 25.0 Å². The van der Waals surface area contributed by atoms with E-state index in [1.165, 1.54) is 5.56 Å². The van der Waals surface area contributed by atoms with Crippen molar-refractivity contribution < 1.29 is 4.74 Å². The molecule has 0 amide bonds. The van der Waals surface area contributed by atoms with Gasteiger partial charge >= 0.3 is 0 Å². The number of ether oxygens (including phenoxy) is 1. The summed E-state index contributed by atoms with van der Waals surface area (Å²) in [5.74, 6) is 0. The average molecular weight is 252 g/mol. The molecule has 17 heavy (non-hydrogen) atoms. The zero-order valence-electron chi connectivity index (χ0n) is 10.4. The van der Waals surface area contributed by atoms with Crippen LogP contribution in [0.15, 0.2) is 30.3 Å². The summed E-state index contributed by atoms with van der Waals surface area (Å²) >= 11 is 4.97. The smallest absolute Gasteiger partial charge is 0.166 e. The van der Waals surface area contributed by atoms with Crippen LogP contribution in [-0.2, 0) is 4.74 Å². The van der Waals surface area contributed by atoms with Gasteiger partial charge in [0.05, 0.1) is 6.10 Å². The molecule has 2 N–H and O–H groups in total. The molecule has 1 aromatic carbocycles. The van der Waals surface area contributed by atoms with Crippen LogP contribution in [0, 0.1) is 0 Å². The number of hydrogen-bond acceptors (Lipinski definition) is 2. The summed E-state index contributed by atoms with van der Waals surface area (Å²) in [5, 5.41) is 6.64. The van der Waals surface area contributed by atoms with E-state index in [1.54, 1.807) is 0 Å². The Bertz CT molecular complexity index is 329. The summed E-state index contributed by atoms with van der Waals surface area (Å²) in [6.07, 6.45) is 1.09. The third-order valence-electron chi connectivity index (χ3n) is 2.47. The Morgan fingerprint density at radius 1 is 1.35 bits per heavy atom. The molecule has 4 heteroatoms. The molecule has 0 heterocycles. The zero-order valence-corrected chi connectivity index (χ0v) is 11.2. The summed E-state index contributed by atoms with van der Waals surface area (Å²) in [5.41, 5.74) is 1.21. The lowest BCUT2D eigenvalue weighted by Crippen LogP contribution is -2.33. The predicted octanol–water partition coefficient (Wildman–Crippen LogP) is 2.25. The molecular formula is C13H20N2OS. The first-order valence-corrected chi connectivity index (χ1v) is 6.27. The van der Waals surface area contributed by atoms with E-state index < -0.39 is 0 Å². The molecule has 0 saturated carbocycles. The molecular weight excluding hydrogens is 232 g/mol. The monoisotopic (exact) mass is 252 g/mol. The molecule has 0 saturated heterocycles. The van der Waals surface area contributed by atoms with E-state index in [0.29, 0.717) is 5.11 Å². The molecule has 1 rings (SSSR count). The van der Waals surface area contributed by atoms with Crippen LogP contribution < -0.4 is 10.6 Å². The molecule has 0 aromatic heterocycles. The van der Waals surface area contributed by atoms with Crippen LogP contribution >= 0.6 is 12.2 Å². The molecule has 1 atom stereocenters. The molecule has 0 fully saturated rings. The van der Waals surface area contributed by atoms with Gasteiger partial charge in [0.15, 0.2) is 5.11 Å². The van der Waals surface area contributed by atoms with Gasteiger partial charge in [-0.2, -0.15) is 0 Å². The van der Waals surface area contributed by atoms with Crippen molar-refractivity contribution in [1.29, 1.82) is 0 Å². The number of benzene rings is 1. The Kier molecular flexibility index (Phi) is 6.58. The topological polar surface area (TPSA) is 33.3 Å². The predicted molar refractivity (Wildman–Crippen MR) is 75.1 cm³/mol.